The lowest BCUT2D eigenvalue weighted by Gasteiger charge is -2.14. The fraction of sp³-hybridized carbons (Fsp3) is 0.286. The second-order valence-electron chi connectivity index (χ2n) is 4.33. The minimum Gasteiger partial charge on any atom is -0.373 e. The average molecular weight is 278 g/mol. The molecule has 2 aromatic rings. The molecule has 0 aliphatic carbocycles. The van der Waals surface area contributed by atoms with E-state index < -0.39 is 11.6 Å². The quantitative estimate of drug-likeness (QED) is 0.899. The van der Waals surface area contributed by atoms with Crippen molar-refractivity contribution in [3.8, 4) is 0 Å². The fourth-order valence-electron chi connectivity index (χ4n) is 1.96. The van der Waals surface area contributed by atoms with Crippen LogP contribution >= 0.6 is 0 Å². The van der Waals surface area contributed by atoms with Gasteiger partial charge in [-0.2, -0.15) is 0 Å². The average Bonchev–Trinajstić information content (AvgIpc) is 2.47. The molecule has 6 heteroatoms. The molecule has 0 aliphatic heterocycles. The Bertz CT molecular complexity index is 629. The zero-order valence-electron chi connectivity index (χ0n) is 11.6. The minimum atomic E-state index is -0.653. The van der Waals surface area contributed by atoms with E-state index in [4.69, 9.17) is 0 Å². The summed E-state index contributed by atoms with van der Waals surface area (Å²) in [6.07, 6.45) is 1.98. The summed E-state index contributed by atoms with van der Waals surface area (Å²) < 4.78 is 27.8. The second kappa shape index (κ2) is 5.81. The first-order chi connectivity index (χ1) is 9.58. The summed E-state index contributed by atoms with van der Waals surface area (Å²) in [5, 5.41) is 5.67. The highest BCUT2D eigenvalue weighted by molar-refractivity contribution is 5.66. The zero-order valence-corrected chi connectivity index (χ0v) is 11.6. The van der Waals surface area contributed by atoms with Gasteiger partial charge in [0, 0.05) is 12.6 Å². The number of rotatable bonds is 4. The third-order valence-corrected chi connectivity index (χ3v) is 3.06. The Balaban J connectivity index is 2.48. The molecule has 4 nitrogen and oxygen atoms in total. The zero-order chi connectivity index (χ0) is 14.7. The lowest BCUT2D eigenvalue weighted by molar-refractivity contribution is 0.584. The normalized spacial score (nSPS) is 10.4. The van der Waals surface area contributed by atoms with Gasteiger partial charge in [-0.15, -0.1) is 0 Å². The van der Waals surface area contributed by atoms with Gasteiger partial charge >= 0.3 is 0 Å². The Labute approximate surface area is 116 Å². The van der Waals surface area contributed by atoms with Crippen LogP contribution in [0.4, 0.5) is 26.1 Å². The number of nitrogens with one attached hydrogen (secondary N) is 2. The summed E-state index contributed by atoms with van der Waals surface area (Å²) in [7, 11) is 1.74. The summed E-state index contributed by atoms with van der Waals surface area (Å²) in [4.78, 5) is 8.15. The first-order valence-corrected chi connectivity index (χ1v) is 6.31. The molecule has 106 valence electrons. The molecule has 0 saturated heterocycles. The van der Waals surface area contributed by atoms with Gasteiger partial charge in [0.15, 0.2) is 5.82 Å². The molecule has 1 aromatic carbocycles. The van der Waals surface area contributed by atoms with Crippen molar-refractivity contribution in [2.45, 2.75) is 20.3 Å². The van der Waals surface area contributed by atoms with Gasteiger partial charge < -0.3 is 10.6 Å². The molecule has 0 spiro atoms. The topological polar surface area (TPSA) is 49.8 Å². The van der Waals surface area contributed by atoms with Crippen LogP contribution in [0.5, 0.6) is 0 Å². The van der Waals surface area contributed by atoms with Gasteiger partial charge in [-0.1, -0.05) is 13.0 Å². The van der Waals surface area contributed by atoms with Crippen molar-refractivity contribution in [2.24, 2.45) is 0 Å². The van der Waals surface area contributed by atoms with Crippen LogP contribution in [0.1, 0.15) is 18.1 Å². The van der Waals surface area contributed by atoms with Gasteiger partial charge in [0.1, 0.15) is 29.5 Å². The number of nitrogens with zero attached hydrogens (tertiary/aromatic N) is 2. The molecule has 0 atom stereocenters. The molecule has 0 amide bonds. The number of anilines is 3. The van der Waals surface area contributed by atoms with Gasteiger partial charge in [0.05, 0.1) is 0 Å². The first-order valence-electron chi connectivity index (χ1n) is 6.31. The summed E-state index contributed by atoms with van der Waals surface area (Å²) in [5.74, 6) is -0.231. The molecule has 20 heavy (non-hydrogen) atoms. The van der Waals surface area contributed by atoms with Crippen molar-refractivity contribution in [2.75, 3.05) is 17.7 Å². The van der Waals surface area contributed by atoms with E-state index in [2.05, 4.69) is 20.6 Å². The predicted molar refractivity (Wildman–Crippen MR) is 75.3 cm³/mol. The van der Waals surface area contributed by atoms with Gasteiger partial charge in [0.2, 0.25) is 0 Å². The summed E-state index contributed by atoms with van der Waals surface area (Å²) in [5.41, 5.74) is 0.950. The number of benzene rings is 1. The van der Waals surface area contributed by atoms with E-state index in [-0.39, 0.29) is 5.69 Å². The van der Waals surface area contributed by atoms with Gasteiger partial charge in [-0.25, -0.2) is 18.7 Å². The molecule has 2 rings (SSSR count). The molecular weight excluding hydrogens is 262 g/mol. The summed E-state index contributed by atoms with van der Waals surface area (Å²) in [6.45, 7) is 3.51. The van der Waals surface area contributed by atoms with Gasteiger partial charge in [-0.3, -0.25) is 0 Å². The number of aromatic nitrogens is 2. The fourth-order valence-corrected chi connectivity index (χ4v) is 1.96. The molecule has 0 saturated carbocycles. The largest absolute Gasteiger partial charge is 0.373 e. The first kappa shape index (κ1) is 14.2. The van der Waals surface area contributed by atoms with E-state index >= 15 is 0 Å². The molecule has 1 heterocycles. The predicted octanol–water partition coefficient (Wildman–Crippen LogP) is 3.41. The van der Waals surface area contributed by atoms with E-state index in [1.807, 2.05) is 6.92 Å². The maximum Gasteiger partial charge on any atom is 0.152 e. The van der Waals surface area contributed by atoms with Crippen LogP contribution in [-0.2, 0) is 6.42 Å². The maximum absolute atomic E-state index is 14.0. The molecule has 0 fully saturated rings. The van der Waals surface area contributed by atoms with Crippen molar-refractivity contribution < 1.29 is 8.78 Å². The molecule has 0 aliphatic rings. The van der Waals surface area contributed by atoms with E-state index in [0.29, 0.717) is 23.6 Å². The summed E-state index contributed by atoms with van der Waals surface area (Å²) >= 11 is 0. The maximum atomic E-state index is 14.0. The van der Waals surface area contributed by atoms with Crippen molar-refractivity contribution in [3.05, 3.63) is 41.2 Å². The Hall–Kier alpha value is -2.24. The number of hydrogen-bond donors (Lipinski definition) is 2. The van der Waals surface area contributed by atoms with Gasteiger partial charge in [0.25, 0.3) is 0 Å². The van der Waals surface area contributed by atoms with Crippen LogP contribution in [0.25, 0.3) is 0 Å². The molecular formula is C14H16F2N4. The Kier molecular flexibility index (Phi) is 4.12. The number of aryl methyl sites for hydroxylation is 1. The van der Waals surface area contributed by atoms with Crippen LogP contribution in [0.2, 0.25) is 0 Å². The monoisotopic (exact) mass is 278 g/mol. The highest BCUT2D eigenvalue weighted by Gasteiger charge is 2.15. The Morgan fingerprint density at radius 1 is 1.15 bits per heavy atom. The number of halogens is 2. The van der Waals surface area contributed by atoms with Crippen molar-refractivity contribution in [1.29, 1.82) is 0 Å². The highest BCUT2D eigenvalue weighted by Crippen LogP contribution is 2.28. The van der Waals surface area contributed by atoms with Crippen LogP contribution in [0.3, 0.4) is 0 Å². The number of hydrogen-bond acceptors (Lipinski definition) is 4. The standard InChI is InChI=1S/C14H16F2N4/c1-4-9-13(17-3)18-7-19-14(9)20-12-10(15)6-5-8(2)11(12)16/h5-7H,4H2,1-3H3,(H2,17,18,19,20). The van der Waals surface area contributed by atoms with Crippen molar-refractivity contribution in [3.63, 3.8) is 0 Å². The molecule has 2 N–H and O–H groups in total. The molecule has 0 bridgehead atoms. The van der Waals surface area contributed by atoms with Crippen molar-refractivity contribution >= 4 is 17.3 Å². The summed E-state index contributed by atoms with van der Waals surface area (Å²) in [6, 6.07) is 2.63. The van der Waals surface area contributed by atoms with E-state index in [1.54, 1.807) is 14.0 Å². The molecule has 0 radical (unpaired) electrons. The lowest BCUT2D eigenvalue weighted by Crippen LogP contribution is -2.07. The van der Waals surface area contributed by atoms with Crippen molar-refractivity contribution in [1.82, 2.24) is 9.97 Å². The van der Waals surface area contributed by atoms with E-state index in [0.717, 1.165) is 5.56 Å². The van der Waals surface area contributed by atoms with E-state index in [1.165, 1.54) is 18.5 Å². The SMILES string of the molecule is CCc1c(NC)ncnc1Nc1c(F)ccc(C)c1F. The van der Waals surface area contributed by atoms with Crippen LogP contribution in [0.15, 0.2) is 18.5 Å². The Morgan fingerprint density at radius 2 is 1.85 bits per heavy atom. The lowest BCUT2D eigenvalue weighted by atomic mass is 10.1. The Morgan fingerprint density at radius 3 is 2.50 bits per heavy atom. The minimum absolute atomic E-state index is 0.194. The smallest absolute Gasteiger partial charge is 0.152 e. The van der Waals surface area contributed by atoms with Crippen LogP contribution in [-0.4, -0.2) is 17.0 Å². The second-order valence-corrected chi connectivity index (χ2v) is 4.33. The molecule has 1 aromatic heterocycles. The highest BCUT2D eigenvalue weighted by atomic mass is 19.1. The third kappa shape index (κ3) is 2.54. The van der Waals surface area contributed by atoms with E-state index in [9.17, 15) is 8.78 Å². The van der Waals surface area contributed by atoms with Crippen LogP contribution < -0.4 is 10.6 Å². The third-order valence-electron chi connectivity index (χ3n) is 3.06. The van der Waals surface area contributed by atoms with Gasteiger partial charge in [-0.05, 0) is 25.0 Å². The molecule has 0 unspecified atom stereocenters. The van der Waals surface area contributed by atoms with Crippen LogP contribution in [0, 0.1) is 18.6 Å².